The van der Waals surface area contributed by atoms with Crippen molar-refractivity contribution in [3.05, 3.63) is 23.9 Å². The van der Waals surface area contributed by atoms with E-state index in [9.17, 15) is 0 Å². The zero-order chi connectivity index (χ0) is 10.6. The second-order valence-electron chi connectivity index (χ2n) is 3.65. The molecule has 1 aromatic rings. The van der Waals surface area contributed by atoms with Crippen LogP contribution in [-0.2, 0) is 0 Å². The lowest BCUT2D eigenvalue weighted by molar-refractivity contribution is 0.298. The maximum atomic E-state index is 8.95. The molecule has 1 aromatic heterocycles. The number of pyridine rings is 1. The van der Waals surface area contributed by atoms with Gasteiger partial charge in [-0.3, -0.25) is 0 Å². The summed E-state index contributed by atoms with van der Waals surface area (Å²) in [6, 6.07) is 6.30. The normalized spacial score (nSPS) is 10.6. The van der Waals surface area contributed by atoms with Crippen molar-refractivity contribution in [2.24, 2.45) is 0 Å². The third kappa shape index (κ3) is 2.70. The van der Waals surface area contributed by atoms with Crippen molar-refractivity contribution < 1.29 is 5.11 Å². The first-order chi connectivity index (χ1) is 6.65. The maximum Gasteiger partial charge on any atom is 0.129 e. The van der Waals surface area contributed by atoms with Crippen LogP contribution in [-0.4, -0.2) is 29.3 Å². The first-order valence-corrected chi connectivity index (χ1v) is 4.96. The van der Waals surface area contributed by atoms with Crippen molar-refractivity contribution in [2.45, 2.75) is 26.8 Å². The summed E-state index contributed by atoms with van der Waals surface area (Å²) in [4.78, 5) is 6.52. The molecule has 0 aromatic carbocycles. The molecule has 78 valence electrons. The van der Waals surface area contributed by atoms with E-state index in [1.54, 1.807) is 0 Å². The van der Waals surface area contributed by atoms with E-state index < -0.39 is 0 Å². The fraction of sp³-hybridized carbons (Fsp3) is 0.545. The number of hydrogen-bond acceptors (Lipinski definition) is 3. The minimum absolute atomic E-state index is 0.161. The van der Waals surface area contributed by atoms with Crippen molar-refractivity contribution in [2.75, 3.05) is 18.1 Å². The topological polar surface area (TPSA) is 36.4 Å². The number of aliphatic hydroxyl groups is 1. The van der Waals surface area contributed by atoms with Crippen molar-refractivity contribution in [1.29, 1.82) is 0 Å². The third-order valence-corrected chi connectivity index (χ3v) is 2.13. The van der Waals surface area contributed by atoms with E-state index in [1.807, 2.05) is 25.1 Å². The highest BCUT2D eigenvalue weighted by Gasteiger charge is 2.10. The Balaban J connectivity index is 2.87. The summed E-state index contributed by atoms with van der Waals surface area (Å²) in [5.41, 5.74) is 1.01. The molecule has 0 unspecified atom stereocenters. The van der Waals surface area contributed by atoms with E-state index in [0.29, 0.717) is 12.6 Å². The first-order valence-electron chi connectivity index (χ1n) is 4.96. The van der Waals surface area contributed by atoms with Gasteiger partial charge in [0.05, 0.1) is 6.61 Å². The molecule has 0 amide bonds. The van der Waals surface area contributed by atoms with Crippen molar-refractivity contribution in [3.8, 4) is 0 Å². The molecule has 1 N–H and O–H groups in total. The number of aromatic nitrogens is 1. The van der Waals surface area contributed by atoms with E-state index in [0.717, 1.165) is 11.5 Å². The number of hydrogen-bond donors (Lipinski definition) is 1. The second kappa shape index (κ2) is 4.96. The fourth-order valence-corrected chi connectivity index (χ4v) is 1.43. The Labute approximate surface area is 85.4 Å². The summed E-state index contributed by atoms with van der Waals surface area (Å²) in [5.74, 6) is 0.939. The molecule has 0 atom stereocenters. The molecule has 0 radical (unpaired) electrons. The molecule has 3 nitrogen and oxygen atoms in total. The summed E-state index contributed by atoms with van der Waals surface area (Å²) in [6.45, 7) is 6.96. The Kier molecular flexibility index (Phi) is 3.89. The lowest BCUT2D eigenvalue weighted by Crippen LogP contribution is -2.34. The lowest BCUT2D eigenvalue weighted by atomic mass is 10.3. The largest absolute Gasteiger partial charge is 0.395 e. The van der Waals surface area contributed by atoms with Crippen LogP contribution in [0.4, 0.5) is 5.82 Å². The molecule has 0 aliphatic rings. The summed E-state index contributed by atoms with van der Waals surface area (Å²) in [7, 11) is 0. The van der Waals surface area contributed by atoms with Crippen LogP contribution < -0.4 is 4.90 Å². The van der Waals surface area contributed by atoms with E-state index in [2.05, 4.69) is 23.7 Å². The number of nitrogens with zero attached hydrogens (tertiary/aromatic N) is 2. The fourth-order valence-electron chi connectivity index (χ4n) is 1.43. The van der Waals surface area contributed by atoms with Crippen LogP contribution >= 0.6 is 0 Å². The maximum absolute atomic E-state index is 8.95. The number of anilines is 1. The highest BCUT2D eigenvalue weighted by atomic mass is 16.3. The molecule has 0 saturated heterocycles. The molecular formula is C11H18N2O. The molecule has 1 heterocycles. The minimum Gasteiger partial charge on any atom is -0.395 e. The van der Waals surface area contributed by atoms with Gasteiger partial charge in [0.2, 0.25) is 0 Å². The van der Waals surface area contributed by atoms with Gasteiger partial charge in [0, 0.05) is 18.3 Å². The average molecular weight is 194 g/mol. The molecule has 0 fully saturated rings. The Morgan fingerprint density at radius 1 is 1.43 bits per heavy atom. The van der Waals surface area contributed by atoms with Crippen LogP contribution in [0.25, 0.3) is 0 Å². The second-order valence-corrected chi connectivity index (χ2v) is 3.65. The quantitative estimate of drug-likeness (QED) is 0.791. The van der Waals surface area contributed by atoms with Crippen LogP contribution in [0.3, 0.4) is 0 Å². The first kappa shape index (κ1) is 11.0. The summed E-state index contributed by atoms with van der Waals surface area (Å²) in [6.07, 6.45) is 0. The smallest absolute Gasteiger partial charge is 0.129 e. The molecule has 0 bridgehead atoms. The van der Waals surface area contributed by atoms with Gasteiger partial charge in [0.1, 0.15) is 5.82 Å². The average Bonchev–Trinajstić information content (AvgIpc) is 2.13. The van der Waals surface area contributed by atoms with Gasteiger partial charge in [-0.2, -0.15) is 0 Å². The van der Waals surface area contributed by atoms with Gasteiger partial charge in [-0.05, 0) is 32.9 Å². The van der Waals surface area contributed by atoms with Crippen LogP contribution in [0.1, 0.15) is 19.5 Å². The van der Waals surface area contributed by atoms with Gasteiger partial charge in [0.15, 0.2) is 0 Å². The Bertz CT molecular complexity index is 286. The van der Waals surface area contributed by atoms with E-state index in [-0.39, 0.29) is 6.61 Å². The standard InChI is InChI=1S/C11H18N2O/c1-9(2)13(7-8-14)11-6-4-5-10(3)12-11/h4-6,9,14H,7-8H2,1-3H3. The number of aliphatic hydroxyl groups excluding tert-OH is 1. The highest BCUT2D eigenvalue weighted by molar-refractivity contribution is 5.39. The van der Waals surface area contributed by atoms with Gasteiger partial charge in [0.25, 0.3) is 0 Å². The van der Waals surface area contributed by atoms with Crippen LogP contribution in [0.2, 0.25) is 0 Å². The molecule has 3 heteroatoms. The molecule has 0 saturated carbocycles. The molecule has 1 rings (SSSR count). The van der Waals surface area contributed by atoms with Gasteiger partial charge in [-0.15, -0.1) is 0 Å². The number of aryl methyl sites for hydroxylation is 1. The summed E-state index contributed by atoms with van der Waals surface area (Å²) < 4.78 is 0. The van der Waals surface area contributed by atoms with Gasteiger partial charge in [-0.1, -0.05) is 6.07 Å². The third-order valence-electron chi connectivity index (χ3n) is 2.13. The van der Waals surface area contributed by atoms with Crippen LogP contribution in [0.5, 0.6) is 0 Å². The van der Waals surface area contributed by atoms with Gasteiger partial charge in [-0.25, -0.2) is 4.98 Å². The SMILES string of the molecule is Cc1cccc(N(CCO)C(C)C)n1. The Morgan fingerprint density at radius 2 is 2.14 bits per heavy atom. The molecule has 0 aliphatic carbocycles. The summed E-state index contributed by atoms with van der Waals surface area (Å²) in [5, 5.41) is 8.95. The summed E-state index contributed by atoms with van der Waals surface area (Å²) >= 11 is 0. The van der Waals surface area contributed by atoms with Crippen molar-refractivity contribution in [1.82, 2.24) is 4.98 Å². The van der Waals surface area contributed by atoms with E-state index in [1.165, 1.54) is 0 Å². The predicted molar refractivity (Wildman–Crippen MR) is 58.5 cm³/mol. The minimum atomic E-state index is 0.161. The van der Waals surface area contributed by atoms with Crippen molar-refractivity contribution in [3.63, 3.8) is 0 Å². The predicted octanol–water partition coefficient (Wildman–Crippen LogP) is 1.60. The lowest BCUT2D eigenvalue weighted by Gasteiger charge is -2.27. The van der Waals surface area contributed by atoms with Crippen LogP contribution in [0.15, 0.2) is 18.2 Å². The van der Waals surface area contributed by atoms with Gasteiger partial charge >= 0.3 is 0 Å². The number of rotatable bonds is 4. The Hall–Kier alpha value is -1.09. The highest BCUT2D eigenvalue weighted by Crippen LogP contribution is 2.13. The molecule has 0 spiro atoms. The van der Waals surface area contributed by atoms with Crippen LogP contribution in [0, 0.1) is 6.92 Å². The molecule has 14 heavy (non-hydrogen) atoms. The van der Waals surface area contributed by atoms with E-state index in [4.69, 9.17) is 5.11 Å². The molecular weight excluding hydrogens is 176 g/mol. The molecule has 0 aliphatic heterocycles. The monoisotopic (exact) mass is 194 g/mol. The zero-order valence-electron chi connectivity index (χ0n) is 9.07. The van der Waals surface area contributed by atoms with Crippen molar-refractivity contribution >= 4 is 5.82 Å². The van der Waals surface area contributed by atoms with E-state index >= 15 is 0 Å². The van der Waals surface area contributed by atoms with Gasteiger partial charge < -0.3 is 10.0 Å². The Morgan fingerprint density at radius 3 is 2.64 bits per heavy atom. The zero-order valence-corrected chi connectivity index (χ0v) is 9.07.